The molecule has 2 heterocycles. The van der Waals surface area contributed by atoms with Crippen LogP contribution in [0.15, 0.2) is 23.1 Å². The van der Waals surface area contributed by atoms with E-state index < -0.39 is 10.0 Å². The Morgan fingerprint density at radius 1 is 1.29 bits per heavy atom. The summed E-state index contributed by atoms with van der Waals surface area (Å²) in [4.78, 5) is 13.5. The molecule has 2 unspecified atom stereocenters. The van der Waals surface area contributed by atoms with Gasteiger partial charge in [-0.1, -0.05) is 0 Å². The highest BCUT2D eigenvalue weighted by molar-refractivity contribution is 7.89. The van der Waals surface area contributed by atoms with E-state index in [1.807, 2.05) is 0 Å². The minimum atomic E-state index is -3.50. The van der Waals surface area contributed by atoms with Gasteiger partial charge in [0.1, 0.15) is 0 Å². The Balaban J connectivity index is 1.59. The number of nitrogens with one attached hydrogen (secondary N) is 2. The maximum Gasteiger partial charge on any atom is 0.240 e. The van der Waals surface area contributed by atoms with Gasteiger partial charge in [-0.05, 0) is 48.7 Å². The molecule has 1 amide bonds. The first kappa shape index (κ1) is 13.2. The first-order chi connectivity index (χ1) is 9.97. The molecular formula is C14H17N3O3S. The maximum atomic E-state index is 12.4. The number of carbonyl (C=O) groups excluding carboxylic acids is 1. The summed E-state index contributed by atoms with van der Waals surface area (Å²) in [5.41, 5.74) is 1.58. The Bertz CT molecular complexity index is 721. The molecule has 4 rings (SSSR count). The molecule has 0 aromatic heterocycles. The van der Waals surface area contributed by atoms with Crippen LogP contribution in [0.3, 0.4) is 0 Å². The summed E-state index contributed by atoms with van der Waals surface area (Å²) in [6.45, 7) is 1.78. The van der Waals surface area contributed by atoms with E-state index in [2.05, 4.69) is 10.0 Å². The Kier molecular flexibility index (Phi) is 2.70. The molecular weight excluding hydrogens is 290 g/mol. The molecule has 3 aliphatic rings. The van der Waals surface area contributed by atoms with Gasteiger partial charge in [0.15, 0.2) is 0 Å². The number of hydrogen-bond donors (Lipinski definition) is 2. The van der Waals surface area contributed by atoms with Crippen molar-refractivity contribution in [1.82, 2.24) is 10.0 Å². The summed E-state index contributed by atoms with van der Waals surface area (Å²) in [6.07, 6.45) is 0.272. The van der Waals surface area contributed by atoms with Crippen molar-refractivity contribution in [2.24, 2.45) is 11.8 Å². The number of rotatable bonds is 3. The van der Waals surface area contributed by atoms with Gasteiger partial charge in [0.05, 0.1) is 11.3 Å². The first-order valence-electron chi connectivity index (χ1n) is 7.10. The number of benzene rings is 1. The van der Waals surface area contributed by atoms with Crippen molar-refractivity contribution in [2.75, 3.05) is 25.0 Å². The summed E-state index contributed by atoms with van der Waals surface area (Å²) in [6, 6.07) is 4.97. The van der Waals surface area contributed by atoms with E-state index >= 15 is 0 Å². The van der Waals surface area contributed by atoms with Crippen molar-refractivity contribution < 1.29 is 13.2 Å². The molecule has 1 saturated heterocycles. The monoisotopic (exact) mass is 307 g/mol. The molecule has 21 heavy (non-hydrogen) atoms. The molecule has 0 bridgehead atoms. The van der Waals surface area contributed by atoms with Crippen LogP contribution in [0.5, 0.6) is 0 Å². The zero-order valence-corrected chi connectivity index (χ0v) is 12.5. The fourth-order valence-corrected chi connectivity index (χ4v) is 4.84. The third-order valence-corrected chi connectivity index (χ3v) is 6.28. The van der Waals surface area contributed by atoms with Crippen molar-refractivity contribution in [3.63, 3.8) is 0 Å². The number of hydrogen-bond acceptors (Lipinski definition) is 4. The molecule has 2 fully saturated rings. The number of sulfonamides is 1. The van der Waals surface area contributed by atoms with Crippen molar-refractivity contribution in [2.45, 2.75) is 17.4 Å². The average Bonchev–Trinajstić information content (AvgIpc) is 2.81. The first-order valence-corrected chi connectivity index (χ1v) is 8.58. The summed E-state index contributed by atoms with van der Waals surface area (Å²) < 4.78 is 27.7. The van der Waals surface area contributed by atoms with Crippen LogP contribution >= 0.6 is 0 Å². The Morgan fingerprint density at radius 2 is 2.00 bits per heavy atom. The van der Waals surface area contributed by atoms with E-state index in [1.165, 1.54) is 0 Å². The fourth-order valence-electron chi connectivity index (χ4n) is 3.45. The highest BCUT2D eigenvalue weighted by Gasteiger charge is 2.54. The Morgan fingerprint density at radius 3 is 2.71 bits per heavy atom. The fraction of sp³-hybridized carbons (Fsp3) is 0.500. The lowest BCUT2D eigenvalue weighted by Gasteiger charge is -2.12. The second-order valence-electron chi connectivity index (χ2n) is 6.05. The maximum absolute atomic E-state index is 12.4. The molecule has 1 saturated carbocycles. The Hall–Kier alpha value is -1.44. The van der Waals surface area contributed by atoms with Crippen LogP contribution in [0.25, 0.3) is 0 Å². The van der Waals surface area contributed by atoms with Crippen LogP contribution in [0, 0.1) is 11.8 Å². The number of anilines is 1. The molecule has 2 atom stereocenters. The van der Waals surface area contributed by atoms with Crippen LogP contribution in [0.4, 0.5) is 5.69 Å². The van der Waals surface area contributed by atoms with E-state index in [4.69, 9.17) is 0 Å². The molecule has 2 N–H and O–H groups in total. The Labute approximate surface area is 123 Å². The number of nitrogens with zero attached hydrogens (tertiary/aromatic N) is 1. The zero-order chi connectivity index (χ0) is 14.8. The molecule has 1 aliphatic carbocycles. The molecule has 0 spiro atoms. The topological polar surface area (TPSA) is 78.5 Å². The minimum absolute atomic E-state index is 0.00435. The third kappa shape index (κ3) is 1.99. The van der Waals surface area contributed by atoms with Crippen molar-refractivity contribution >= 4 is 21.6 Å². The van der Waals surface area contributed by atoms with Crippen LogP contribution in [-0.2, 0) is 21.2 Å². The van der Waals surface area contributed by atoms with Gasteiger partial charge in [0.2, 0.25) is 15.9 Å². The summed E-state index contributed by atoms with van der Waals surface area (Å²) >= 11 is 0. The third-order valence-electron chi connectivity index (χ3n) is 4.82. The van der Waals surface area contributed by atoms with Gasteiger partial charge in [-0.15, -0.1) is 0 Å². The number of piperidine rings is 1. The van der Waals surface area contributed by atoms with Gasteiger partial charge >= 0.3 is 0 Å². The smallest absolute Gasteiger partial charge is 0.240 e. The predicted octanol–water partition coefficient (Wildman–Crippen LogP) is -0.298. The highest BCUT2D eigenvalue weighted by atomic mass is 32.2. The average molecular weight is 307 g/mol. The lowest BCUT2D eigenvalue weighted by Crippen LogP contribution is -2.32. The highest BCUT2D eigenvalue weighted by Crippen LogP contribution is 2.42. The van der Waals surface area contributed by atoms with E-state index in [0.717, 1.165) is 24.3 Å². The van der Waals surface area contributed by atoms with Crippen LogP contribution in [0.1, 0.15) is 5.56 Å². The molecule has 7 heteroatoms. The zero-order valence-electron chi connectivity index (χ0n) is 11.7. The molecule has 1 aromatic rings. The van der Waals surface area contributed by atoms with E-state index in [1.54, 1.807) is 30.1 Å². The van der Waals surface area contributed by atoms with Crippen molar-refractivity contribution in [3.8, 4) is 0 Å². The van der Waals surface area contributed by atoms with Crippen molar-refractivity contribution in [3.05, 3.63) is 23.8 Å². The lowest BCUT2D eigenvalue weighted by atomic mass is 10.2. The lowest BCUT2D eigenvalue weighted by molar-refractivity contribution is -0.117. The SMILES string of the molecule is CN1C(=O)Cc2cc(S(=O)(=O)NC3C4CNCC43)ccc21. The molecule has 6 nitrogen and oxygen atoms in total. The second kappa shape index (κ2) is 4.28. The van der Waals surface area contributed by atoms with E-state index in [0.29, 0.717) is 11.8 Å². The predicted molar refractivity (Wildman–Crippen MR) is 77.5 cm³/mol. The van der Waals surface area contributed by atoms with Gasteiger partial charge in [0, 0.05) is 18.8 Å². The number of fused-ring (bicyclic) bond motifs is 2. The second-order valence-corrected chi connectivity index (χ2v) is 7.77. The normalized spacial score (nSPS) is 30.4. The van der Waals surface area contributed by atoms with Crippen LogP contribution in [-0.4, -0.2) is 40.5 Å². The van der Waals surface area contributed by atoms with Crippen molar-refractivity contribution in [1.29, 1.82) is 0 Å². The van der Waals surface area contributed by atoms with Gasteiger partial charge in [-0.3, -0.25) is 4.79 Å². The van der Waals surface area contributed by atoms with Crippen LogP contribution < -0.4 is 14.9 Å². The van der Waals surface area contributed by atoms with Gasteiger partial charge in [0.25, 0.3) is 0 Å². The quantitative estimate of drug-likeness (QED) is 0.804. The van der Waals surface area contributed by atoms with E-state index in [-0.39, 0.29) is 23.3 Å². The van der Waals surface area contributed by atoms with Gasteiger partial charge in [-0.2, -0.15) is 0 Å². The molecule has 0 radical (unpaired) electrons. The number of amides is 1. The molecule has 1 aromatic carbocycles. The van der Waals surface area contributed by atoms with Gasteiger partial charge < -0.3 is 10.2 Å². The minimum Gasteiger partial charge on any atom is -0.316 e. The number of likely N-dealkylation sites (N-methyl/N-ethyl adjacent to an activating group) is 1. The summed E-state index contributed by atoms with van der Waals surface area (Å²) in [5.74, 6) is 0.860. The summed E-state index contributed by atoms with van der Waals surface area (Å²) in [7, 11) is -1.80. The molecule has 2 aliphatic heterocycles. The molecule has 112 valence electrons. The van der Waals surface area contributed by atoms with E-state index in [9.17, 15) is 13.2 Å². The number of carbonyl (C=O) groups is 1. The summed E-state index contributed by atoms with van der Waals surface area (Å²) in [5, 5.41) is 3.24. The standard InChI is InChI=1S/C14H17N3O3S/c1-17-12-3-2-9(4-8(12)5-13(17)18)21(19,20)16-14-10-6-15-7-11(10)14/h2-4,10-11,14-16H,5-7H2,1H3. The van der Waals surface area contributed by atoms with Crippen LogP contribution in [0.2, 0.25) is 0 Å². The largest absolute Gasteiger partial charge is 0.316 e. The van der Waals surface area contributed by atoms with Gasteiger partial charge in [-0.25, -0.2) is 13.1 Å².